The second-order valence-electron chi connectivity index (χ2n) is 14.0. The first kappa shape index (κ1) is 28.1. The number of carboxylic acids is 1. The number of aliphatic carboxylic acids is 1. The van der Waals surface area contributed by atoms with Crippen LogP contribution in [0, 0.1) is 51.8 Å². The molecular formula is C31H52O5. The third-order valence-corrected chi connectivity index (χ3v) is 12.1. The van der Waals surface area contributed by atoms with Crippen molar-refractivity contribution in [2.75, 3.05) is 6.61 Å². The molecule has 0 amide bonds. The van der Waals surface area contributed by atoms with Crippen molar-refractivity contribution in [3.05, 3.63) is 11.6 Å². The van der Waals surface area contributed by atoms with Gasteiger partial charge < -0.3 is 20.1 Å². The topological polar surface area (TPSA) is 87.0 Å². The summed E-state index contributed by atoms with van der Waals surface area (Å²) >= 11 is 0. The van der Waals surface area contributed by atoms with Crippen LogP contribution in [0.1, 0.15) is 99.8 Å². The highest BCUT2D eigenvalue weighted by Crippen LogP contribution is 2.74. The Hall–Kier alpha value is -0.910. The van der Waals surface area contributed by atoms with Crippen molar-refractivity contribution in [2.24, 2.45) is 51.8 Å². The molecule has 0 aromatic rings. The van der Waals surface area contributed by atoms with Crippen LogP contribution in [0.2, 0.25) is 0 Å². The van der Waals surface area contributed by atoms with Gasteiger partial charge in [-0.05, 0) is 105 Å². The molecule has 0 saturated heterocycles. The molecule has 4 fully saturated rings. The second-order valence-corrected chi connectivity index (χ2v) is 14.0. The average molecular weight is 505 g/mol. The molecule has 0 aliphatic heterocycles. The van der Waals surface area contributed by atoms with Crippen molar-refractivity contribution >= 4 is 5.97 Å². The van der Waals surface area contributed by atoms with E-state index in [1.54, 1.807) is 0 Å². The zero-order valence-electron chi connectivity index (χ0n) is 23.8. The zero-order chi connectivity index (χ0) is 26.6. The molecule has 0 spiro atoms. The van der Waals surface area contributed by atoms with Crippen molar-refractivity contribution in [3.63, 3.8) is 0 Å². The average Bonchev–Trinajstić information content (AvgIpc) is 3.07. The highest BCUT2D eigenvalue weighted by Gasteiger charge is 2.71. The van der Waals surface area contributed by atoms with Crippen molar-refractivity contribution in [1.82, 2.24) is 0 Å². The minimum absolute atomic E-state index is 0.00877. The zero-order valence-corrected chi connectivity index (χ0v) is 23.8. The highest BCUT2D eigenvalue weighted by atomic mass is 16.5. The van der Waals surface area contributed by atoms with Crippen LogP contribution < -0.4 is 0 Å². The molecule has 0 aromatic heterocycles. The highest BCUT2D eigenvalue weighted by molar-refractivity contribution is 5.71. The Bertz CT molecular complexity index is 850. The summed E-state index contributed by atoms with van der Waals surface area (Å²) in [5.74, 6) is -0.385. The first-order valence-corrected chi connectivity index (χ1v) is 14.7. The van der Waals surface area contributed by atoms with Crippen LogP contribution in [0.25, 0.3) is 0 Å². The van der Waals surface area contributed by atoms with Gasteiger partial charge in [0, 0.05) is 12.5 Å². The normalized spacial score (nSPS) is 48.9. The first-order chi connectivity index (χ1) is 16.8. The summed E-state index contributed by atoms with van der Waals surface area (Å²) in [6.45, 7) is 16.2. The summed E-state index contributed by atoms with van der Waals surface area (Å²) in [5, 5.41) is 33.0. The van der Waals surface area contributed by atoms with E-state index in [1.807, 2.05) is 13.8 Å². The molecule has 3 N–H and O–H groups in total. The molecule has 4 aliphatic rings. The van der Waals surface area contributed by atoms with E-state index < -0.39 is 18.0 Å². The molecule has 12 atom stereocenters. The van der Waals surface area contributed by atoms with Gasteiger partial charge in [-0.1, -0.05) is 46.3 Å². The van der Waals surface area contributed by atoms with Gasteiger partial charge >= 0.3 is 5.97 Å². The summed E-state index contributed by atoms with van der Waals surface area (Å²) in [6, 6.07) is 0. The van der Waals surface area contributed by atoms with Crippen LogP contribution in [0.5, 0.6) is 0 Å². The van der Waals surface area contributed by atoms with E-state index in [0.29, 0.717) is 25.4 Å². The number of aliphatic hydroxyl groups is 2. The lowest BCUT2D eigenvalue weighted by atomic mass is 9.36. The van der Waals surface area contributed by atoms with Crippen molar-refractivity contribution in [2.45, 2.75) is 118 Å². The minimum Gasteiger partial charge on any atom is -0.481 e. The minimum atomic E-state index is -0.737. The molecular weight excluding hydrogens is 452 g/mol. The Balaban J connectivity index is 1.76. The Morgan fingerprint density at radius 3 is 2.36 bits per heavy atom. The first-order valence-electron chi connectivity index (χ1n) is 14.7. The van der Waals surface area contributed by atoms with E-state index in [0.717, 1.165) is 44.1 Å². The summed E-state index contributed by atoms with van der Waals surface area (Å²) in [5.41, 5.74) is 0.950. The monoisotopic (exact) mass is 504 g/mol. The Morgan fingerprint density at radius 2 is 1.75 bits per heavy atom. The fraction of sp³-hybridized carbons (Fsp3) is 0.903. The van der Waals surface area contributed by atoms with Gasteiger partial charge in [0.05, 0.1) is 24.2 Å². The lowest BCUT2D eigenvalue weighted by molar-refractivity contribution is -0.240. The van der Waals surface area contributed by atoms with Gasteiger partial charge in [-0.3, -0.25) is 4.79 Å². The van der Waals surface area contributed by atoms with Gasteiger partial charge in [-0.15, -0.1) is 0 Å². The maximum absolute atomic E-state index is 12.7. The standard InChI is InChI=1S/C31H52O5/c1-8-15-36-25-17-31(7)22(26(25)20(28(34)35)10-9-18(2)3)16-24(33)27-29(5)13-12-23(32)19(4)21(29)11-14-30(27,31)6/h9,19-27,32-33H,8,10-17H2,1-7H3,(H,34,35)/t19-,20+,21?,22?,23+,24+,25-,26+,27?,29-,30-,31-/m0/s1. The van der Waals surface area contributed by atoms with E-state index in [9.17, 15) is 20.1 Å². The maximum atomic E-state index is 12.7. The molecule has 5 heteroatoms. The predicted octanol–water partition coefficient (Wildman–Crippen LogP) is 6.08. The van der Waals surface area contributed by atoms with Gasteiger partial charge in [-0.25, -0.2) is 0 Å². The van der Waals surface area contributed by atoms with Crippen molar-refractivity contribution < 1.29 is 24.9 Å². The van der Waals surface area contributed by atoms with E-state index in [2.05, 4.69) is 40.7 Å². The smallest absolute Gasteiger partial charge is 0.307 e. The summed E-state index contributed by atoms with van der Waals surface area (Å²) in [6.07, 6.45) is 8.11. The summed E-state index contributed by atoms with van der Waals surface area (Å²) in [4.78, 5) is 12.7. The number of fused-ring (bicyclic) bond motifs is 5. The lowest BCUT2D eigenvalue weighted by Crippen LogP contribution is -2.66. The number of hydrogen-bond donors (Lipinski definition) is 3. The molecule has 0 heterocycles. The SMILES string of the molecule is CCCO[C@H]1C[C@@]2(C)C(C[C@@H](O)C3[C@@]4(C)CC[C@@H](O)[C@@H](C)C4CC[C@@]32C)[C@H]1[C@@H](CC=C(C)C)C(=O)O. The second kappa shape index (κ2) is 10.0. The number of ether oxygens (including phenoxy) is 1. The number of carbonyl (C=O) groups is 1. The quantitative estimate of drug-likeness (QED) is 0.366. The van der Waals surface area contributed by atoms with Gasteiger partial charge in [-0.2, -0.15) is 0 Å². The molecule has 0 aromatic carbocycles. The van der Waals surface area contributed by atoms with Gasteiger partial charge in [0.15, 0.2) is 0 Å². The molecule has 3 unspecified atom stereocenters. The van der Waals surface area contributed by atoms with Crippen LogP contribution in [0.15, 0.2) is 11.6 Å². The molecule has 5 nitrogen and oxygen atoms in total. The summed E-state index contributed by atoms with van der Waals surface area (Å²) < 4.78 is 6.48. The summed E-state index contributed by atoms with van der Waals surface area (Å²) in [7, 11) is 0. The molecule has 36 heavy (non-hydrogen) atoms. The number of carboxylic acid groups (broad SMARTS) is 1. The van der Waals surface area contributed by atoms with Gasteiger partial charge in [0.2, 0.25) is 0 Å². The molecule has 4 aliphatic carbocycles. The van der Waals surface area contributed by atoms with E-state index in [-0.39, 0.29) is 52.1 Å². The van der Waals surface area contributed by atoms with Gasteiger partial charge in [0.25, 0.3) is 0 Å². The number of rotatable bonds is 7. The van der Waals surface area contributed by atoms with Crippen LogP contribution in [-0.2, 0) is 9.53 Å². The van der Waals surface area contributed by atoms with E-state index in [4.69, 9.17) is 4.74 Å². The van der Waals surface area contributed by atoms with E-state index in [1.165, 1.54) is 0 Å². The van der Waals surface area contributed by atoms with Crippen molar-refractivity contribution in [3.8, 4) is 0 Å². The number of allylic oxidation sites excluding steroid dienone is 2. The lowest BCUT2D eigenvalue weighted by Gasteiger charge is -2.69. The fourth-order valence-corrected chi connectivity index (χ4v) is 10.2. The van der Waals surface area contributed by atoms with Crippen LogP contribution in [0.4, 0.5) is 0 Å². The van der Waals surface area contributed by atoms with Crippen molar-refractivity contribution in [1.29, 1.82) is 0 Å². The van der Waals surface area contributed by atoms with Gasteiger partial charge in [0.1, 0.15) is 0 Å². The predicted molar refractivity (Wildman–Crippen MR) is 142 cm³/mol. The third kappa shape index (κ3) is 4.20. The largest absolute Gasteiger partial charge is 0.481 e. The Morgan fingerprint density at radius 1 is 1.06 bits per heavy atom. The van der Waals surface area contributed by atoms with Crippen LogP contribution in [-0.4, -0.2) is 46.2 Å². The third-order valence-electron chi connectivity index (χ3n) is 12.1. The molecule has 206 valence electrons. The maximum Gasteiger partial charge on any atom is 0.307 e. The van der Waals surface area contributed by atoms with Crippen LogP contribution in [0.3, 0.4) is 0 Å². The Labute approximate surface area is 219 Å². The van der Waals surface area contributed by atoms with E-state index >= 15 is 0 Å². The molecule has 0 bridgehead atoms. The molecule has 4 saturated carbocycles. The van der Waals surface area contributed by atoms with Crippen LogP contribution >= 0.6 is 0 Å². The molecule has 0 radical (unpaired) electrons. The number of hydrogen-bond acceptors (Lipinski definition) is 4. The fourth-order valence-electron chi connectivity index (χ4n) is 10.2. The number of aliphatic hydroxyl groups excluding tert-OH is 2. The molecule has 4 rings (SSSR count). The Kier molecular flexibility index (Phi) is 7.81.